The third kappa shape index (κ3) is 4.03. The normalized spacial score (nSPS) is 9.85. The number of amides is 1. The lowest BCUT2D eigenvalue weighted by Crippen LogP contribution is -2.21. The second kappa shape index (κ2) is 6.63. The maximum absolute atomic E-state index is 11.6. The van der Waals surface area contributed by atoms with E-state index in [1.54, 1.807) is 24.3 Å². The summed E-state index contributed by atoms with van der Waals surface area (Å²) in [6.45, 7) is -0.405. The number of pyridine rings is 2. The topological polar surface area (TPSA) is 81.2 Å². The Kier molecular flexibility index (Phi) is 4.62. The molecule has 0 atom stereocenters. The Bertz CT molecular complexity index is 602. The Labute approximate surface area is 119 Å². The molecule has 0 unspecified atom stereocenters. The Morgan fingerprint density at radius 2 is 2.10 bits per heavy atom. The van der Waals surface area contributed by atoms with Gasteiger partial charge in [0.05, 0.1) is 10.6 Å². The van der Waals surface area contributed by atoms with Gasteiger partial charge in [-0.25, -0.2) is 9.78 Å². The van der Waals surface area contributed by atoms with Crippen LogP contribution in [0.25, 0.3) is 0 Å². The smallest absolute Gasteiger partial charge is 0.340 e. The molecule has 1 amide bonds. The van der Waals surface area contributed by atoms with Gasteiger partial charge in [0, 0.05) is 18.6 Å². The van der Waals surface area contributed by atoms with E-state index in [0.29, 0.717) is 10.8 Å². The number of hydrogen-bond acceptors (Lipinski definition) is 5. The molecule has 0 saturated carbocycles. The summed E-state index contributed by atoms with van der Waals surface area (Å²) in [6, 6.07) is 6.29. The average Bonchev–Trinajstić information content (AvgIpc) is 2.48. The van der Waals surface area contributed by atoms with Gasteiger partial charge in [-0.3, -0.25) is 9.78 Å². The quantitative estimate of drug-likeness (QED) is 0.871. The van der Waals surface area contributed by atoms with Gasteiger partial charge in [0.15, 0.2) is 6.61 Å². The molecule has 0 aliphatic heterocycles. The summed E-state index contributed by atoms with van der Waals surface area (Å²) in [5.74, 6) is -0.772. The fraction of sp³-hybridized carbons (Fsp3) is 0.0769. The van der Waals surface area contributed by atoms with Crippen molar-refractivity contribution in [1.82, 2.24) is 9.97 Å². The Hall–Kier alpha value is -2.47. The van der Waals surface area contributed by atoms with Crippen molar-refractivity contribution >= 4 is 29.3 Å². The van der Waals surface area contributed by atoms with Crippen LogP contribution in [-0.4, -0.2) is 28.5 Å². The number of hydrogen-bond donors (Lipinski definition) is 1. The van der Waals surface area contributed by atoms with Crippen molar-refractivity contribution in [2.24, 2.45) is 0 Å². The van der Waals surface area contributed by atoms with E-state index in [1.165, 1.54) is 18.6 Å². The first-order valence-corrected chi connectivity index (χ1v) is 6.01. The van der Waals surface area contributed by atoms with Crippen LogP contribution in [0.3, 0.4) is 0 Å². The van der Waals surface area contributed by atoms with Crippen LogP contribution in [0, 0.1) is 0 Å². The summed E-state index contributed by atoms with van der Waals surface area (Å²) in [4.78, 5) is 30.8. The molecule has 2 heterocycles. The number of nitrogens with zero attached hydrogens (tertiary/aromatic N) is 2. The minimum Gasteiger partial charge on any atom is -0.452 e. The third-order valence-electron chi connectivity index (χ3n) is 2.23. The van der Waals surface area contributed by atoms with Crippen molar-refractivity contribution in [2.45, 2.75) is 0 Å². The van der Waals surface area contributed by atoms with Crippen LogP contribution in [0.5, 0.6) is 0 Å². The van der Waals surface area contributed by atoms with E-state index in [9.17, 15) is 9.59 Å². The van der Waals surface area contributed by atoms with Crippen LogP contribution in [-0.2, 0) is 9.53 Å². The van der Waals surface area contributed by atoms with Gasteiger partial charge < -0.3 is 10.1 Å². The predicted molar refractivity (Wildman–Crippen MR) is 72.4 cm³/mol. The highest BCUT2D eigenvalue weighted by Crippen LogP contribution is 2.09. The highest BCUT2D eigenvalue weighted by atomic mass is 35.5. The number of anilines is 1. The van der Waals surface area contributed by atoms with E-state index in [1.807, 2.05) is 0 Å². The largest absolute Gasteiger partial charge is 0.452 e. The minimum atomic E-state index is -0.614. The number of rotatable bonds is 4. The Balaban J connectivity index is 1.83. The van der Waals surface area contributed by atoms with Gasteiger partial charge in [-0.1, -0.05) is 11.6 Å². The maximum Gasteiger partial charge on any atom is 0.340 e. The number of aromatic nitrogens is 2. The molecule has 1 N–H and O–H groups in total. The molecule has 2 rings (SSSR count). The summed E-state index contributed by atoms with van der Waals surface area (Å²) in [6.07, 6.45) is 4.30. The molecule has 0 spiro atoms. The lowest BCUT2D eigenvalue weighted by Gasteiger charge is -2.05. The fourth-order valence-corrected chi connectivity index (χ4v) is 1.44. The molecule has 0 bridgehead atoms. The zero-order valence-corrected chi connectivity index (χ0v) is 11.0. The zero-order chi connectivity index (χ0) is 14.4. The second-order valence-corrected chi connectivity index (χ2v) is 4.16. The van der Waals surface area contributed by atoms with Gasteiger partial charge in [-0.05, 0) is 24.3 Å². The molecule has 0 radical (unpaired) electrons. The van der Waals surface area contributed by atoms with Crippen LogP contribution in [0.2, 0.25) is 5.02 Å². The number of nitrogens with one attached hydrogen (secondary N) is 1. The van der Waals surface area contributed by atoms with E-state index in [0.717, 1.165) is 0 Å². The molecule has 6 nitrogen and oxygen atoms in total. The molecule has 102 valence electrons. The van der Waals surface area contributed by atoms with Crippen LogP contribution < -0.4 is 5.32 Å². The van der Waals surface area contributed by atoms with E-state index in [4.69, 9.17) is 16.3 Å². The summed E-state index contributed by atoms with van der Waals surface area (Å²) in [7, 11) is 0. The van der Waals surface area contributed by atoms with Crippen LogP contribution >= 0.6 is 11.6 Å². The van der Waals surface area contributed by atoms with Gasteiger partial charge in [0.1, 0.15) is 5.82 Å². The van der Waals surface area contributed by atoms with E-state index in [-0.39, 0.29) is 5.56 Å². The highest BCUT2D eigenvalue weighted by molar-refractivity contribution is 6.30. The molecule has 0 aromatic carbocycles. The SMILES string of the molecule is O=C(COC(=O)c1cccnc1)Nc1ccc(Cl)cn1. The Morgan fingerprint density at radius 1 is 1.25 bits per heavy atom. The Morgan fingerprint density at radius 3 is 2.75 bits per heavy atom. The van der Waals surface area contributed by atoms with Gasteiger partial charge in [-0.2, -0.15) is 0 Å². The lowest BCUT2D eigenvalue weighted by molar-refractivity contribution is -0.119. The molecular weight excluding hydrogens is 282 g/mol. The first-order chi connectivity index (χ1) is 9.65. The molecule has 7 heteroatoms. The number of halogens is 1. The molecule has 0 saturated heterocycles. The third-order valence-corrected chi connectivity index (χ3v) is 2.45. The molecule has 0 aliphatic rings. The van der Waals surface area contributed by atoms with Gasteiger partial charge in [-0.15, -0.1) is 0 Å². The van der Waals surface area contributed by atoms with Gasteiger partial charge in [0.2, 0.25) is 0 Å². The van der Waals surface area contributed by atoms with Crippen molar-refractivity contribution in [2.75, 3.05) is 11.9 Å². The monoisotopic (exact) mass is 291 g/mol. The van der Waals surface area contributed by atoms with Crippen molar-refractivity contribution in [1.29, 1.82) is 0 Å². The number of carbonyl (C=O) groups excluding carboxylic acids is 2. The highest BCUT2D eigenvalue weighted by Gasteiger charge is 2.10. The van der Waals surface area contributed by atoms with E-state index < -0.39 is 18.5 Å². The van der Waals surface area contributed by atoms with E-state index in [2.05, 4.69) is 15.3 Å². The average molecular weight is 292 g/mol. The number of esters is 1. The second-order valence-electron chi connectivity index (χ2n) is 3.73. The molecule has 2 aromatic rings. The maximum atomic E-state index is 11.6. The summed E-state index contributed by atoms with van der Waals surface area (Å²) < 4.78 is 4.84. The molecule has 2 aromatic heterocycles. The number of carbonyl (C=O) groups is 2. The van der Waals surface area contributed by atoms with Crippen LogP contribution in [0.4, 0.5) is 5.82 Å². The van der Waals surface area contributed by atoms with Crippen molar-refractivity contribution < 1.29 is 14.3 Å². The van der Waals surface area contributed by atoms with Gasteiger partial charge in [0.25, 0.3) is 5.91 Å². The van der Waals surface area contributed by atoms with Gasteiger partial charge >= 0.3 is 5.97 Å². The van der Waals surface area contributed by atoms with Crippen LogP contribution in [0.15, 0.2) is 42.9 Å². The predicted octanol–water partition coefficient (Wildman–Crippen LogP) is 1.93. The van der Waals surface area contributed by atoms with E-state index >= 15 is 0 Å². The first kappa shape index (κ1) is 14.0. The molecule has 0 aliphatic carbocycles. The molecule has 20 heavy (non-hydrogen) atoms. The number of ether oxygens (including phenoxy) is 1. The van der Waals surface area contributed by atoms with Crippen molar-refractivity contribution in [3.05, 3.63) is 53.4 Å². The lowest BCUT2D eigenvalue weighted by atomic mass is 10.3. The summed E-state index contributed by atoms with van der Waals surface area (Å²) in [5.41, 5.74) is 0.282. The summed E-state index contributed by atoms with van der Waals surface area (Å²) >= 11 is 5.67. The summed E-state index contributed by atoms with van der Waals surface area (Å²) in [5, 5.41) is 2.94. The zero-order valence-electron chi connectivity index (χ0n) is 10.2. The van der Waals surface area contributed by atoms with Crippen LogP contribution in [0.1, 0.15) is 10.4 Å². The minimum absolute atomic E-state index is 0.282. The molecule has 0 fully saturated rings. The standard InChI is InChI=1S/C13H10ClN3O3/c14-10-3-4-11(16-7-10)17-12(18)8-20-13(19)9-2-1-5-15-6-9/h1-7H,8H2,(H,16,17,18). The van der Waals surface area contributed by atoms with Crippen molar-refractivity contribution in [3.63, 3.8) is 0 Å². The molecular formula is C13H10ClN3O3. The first-order valence-electron chi connectivity index (χ1n) is 5.64. The van der Waals surface area contributed by atoms with Crippen molar-refractivity contribution in [3.8, 4) is 0 Å². The fourth-order valence-electron chi connectivity index (χ4n) is 1.33.